The lowest BCUT2D eigenvalue weighted by atomic mass is 9.94. The molecule has 3 nitrogen and oxygen atoms in total. The first kappa shape index (κ1) is 15.4. The van der Waals surface area contributed by atoms with Gasteiger partial charge in [0.2, 0.25) is 0 Å². The summed E-state index contributed by atoms with van der Waals surface area (Å²) in [6, 6.07) is 4.20. The molecule has 0 heterocycles. The van der Waals surface area contributed by atoms with Crippen LogP contribution in [0.3, 0.4) is 0 Å². The van der Waals surface area contributed by atoms with Gasteiger partial charge in [0.25, 0.3) is 5.92 Å². The van der Waals surface area contributed by atoms with Gasteiger partial charge in [-0.3, -0.25) is 4.79 Å². The number of aryl methyl sites for hydroxylation is 1. The molecule has 1 N–H and O–H groups in total. The van der Waals surface area contributed by atoms with Crippen LogP contribution in [0, 0.1) is 12.8 Å². The zero-order valence-corrected chi connectivity index (χ0v) is 11.2. The van der Waals surface area contributed by atoms with Crippen molar-refractivity contribution in [1.82, 2.24) is 0 Å². The maximum atomic E-state index is 14.0. The number of halogens is 2. The minimum Gasteiger partial charge on any atom is -0.496 e. The van der Waals surface area contributed by atoms with Gasteiger partial charge in [0.05, 0.1) is 7.11 Å². The Kier molecular flexibility index (Phi) is 4.86. The zero-order valence-electron chi connectivity index (χ0n) is 11.2. The summed E-state index contributed by atoms with van der Waals surface area (Å²) < 4.78 is 33.1. The topological polar surface area (TPSA) is 46.5 Å². The van der Waals surface area contributed by atoms with Crippen LogP contribution in [0.5, 0.6) is 5.75 Å². The second-order valence-corrected chi connectivity index (χ2v) is 4.80. The first-order valence-corrected chi connectivity index (χ1v) is 6.01. The van der Waals surface area contributed by atoms with E-state index in [9.17, 15) is 13.6 Å². The standard InChI is InChI=1S/C14H18F2O3/c1-9(6-13(17)18)8-14(15,16)11-4-5-12(19-3)10(2)7-11/h4-5,7,9H,6,8H2,1-3H3,(H,17,18). The van der Waals surface area contributed by atoms with E-state index in [1.165, 1.54) is 32.2 Å². The minimum absolute atomic E-state index is 0.108. The number of hydrogen-bond donors (Lipinski definition) is 1. The van der Waals surface area contributed by atoms with Crippen molar-refractivity contribution in [3.63, 3.8) is 0 Å². The van der Waals surface area contributed by atoms with Crippen molar-refractivity contribution in [3.05, 3.63) is 29.3 Å². The molecule has 0 spiro atoms. The Bertz CT molecular complexity index is 458. The van der Waals surface area contributed by atoms with Crippen LogP contribution >= 0.6 is 0 Å². The Labute approximate surface area is 111 Å². The largest absolute Gasteiger partial charge is 0.496 e. The normalized spacial score (nSPS) is 13.1. The summed E-state index contributed by atoms with van der Waals surface area (Å²) in [5, 5.41) is 8.60. The molecule has 1 aromatic carbocycles. The first-order chi connectivity index (χ1) is 8.76. The molecule has 5 heteroatoms. The van der Waals surface area contributed by atoms with Crippen LogP contribution in [-0.2, 0) is 10.7 Å². The van der Waals surface area contributed by atoms with Crippen molar-refractivity contribution in [1.29, 1.82) is 0 Å². The smallest absolute Gasteiger partial charge is 0.303 e. The third-order valence-electron chi connectivity index (χ3n) is 2.95. The summed E-state index contributed by atoms with van der Waals surface area (Å²) in [4.78, 5) is 10.5. The number of ether oxygens (including phenoxy) is 1. The van der Waals surface area contributed by atoms with E-state index >= 15 is 0 Å². The van der Waals surface area contributed by atoms with E-state index < -0.39 is 24.2 Å². The number of carboxylic acids is 1. The van der Waals surface area contributed by atoms with Gasteiger partial charge in [-0.1, -0.05) is 6.92 Å². The fourth-order valence-corrected chi connectivity index (χ4v) is 2.03. The van der Waals surface area contributed by atoms with Crippen LogP contribution in [0.15, 0.2) is 18.2 Å². The van der Waals surface area contributed by atoms with Gasteiger partial charge in [-0.25, -0.2) is 8.78 Å². The third-order valence-corrected chi connectivity index (χ3v) is 2.95. The number of alkyl halides is 2. The predicted octanol–water partition coefficient (Wildman–Crippen LogP) is 3.60. The van der Waals surface area contributed by atoms with Crippen molar-refractivity contribution >= 4 is 5.97 Å². The molecular formula is C14H18F2O3. The molecule has 0 bridgehead atoms. The quantitative estimate of drug-likeness (QED) is 0.860. The molecule has 1 unspecified atom stereocenters. The highest BCUT2D eigenvalue weighted by Gasteiger charge is 2.34. The molecule has 0 amide bonds. The maximum Gasteiger partial charge on any atom is 0.303 e. The molecule has 0 aliphatic heterocycles. The summed E-state index contributed by atoms with van der Waals surface area (Å²) in [6.45, 7) is 3.21. The van der Waals surface area contributed by atoms with Crippen molar-refractivity contribution in [2.45, 2.75) is 32.6 Å². The Balaban J connectivity index is 2.87. The highest BCUT2D eigenvalue weighted by atomic mass is 19.3. The number of carbonyl (C=O) groups is 1. The average molecular weight is 272 g/mol. The van der Waals surface area contributed by atoms with Crippen LogP contribution < -0.4 is 4.74 Å². The van der Waals surface area contributed by atoms with E-state index in [1.54, 1.807) is 6.92 Å². The lowest BCUT2D eigenvalue weighted by molar-refractivity contribution is -0.138. The molecule has 1 rings (SSSR count). The summed E-state index contributed by atoms with van der Waals surface area (Å²) >= 11 is 0. The van der Waals surface area contributed by atoms with Crippen molar-refractivity contribution in [2.75, 3.05) is 7.11 Å². The van der Waals surface area contributed by atoms with Crippen molar-refractivity contribution < 1.29 is 23.4 Å². The van der Waals surface area contributed by atoms with E-state index in [1.807, 2.05) is 0 Å². The van der Waals surface area contributed by atoms with Crippen molar-refractivity contribution in [3.8, 4) is 5.75 Å². The van der Waals surface area contributed by atoms with Gasteiger partial charge >= 0.3 is 5.97 Å². The summed E-state index contributed by atoms with van der Waals surface area (Å²) in [7, 11) is 1.48. The molecule has 0 radical (unpaired) electrons. The van der Waals surface area contributed by atoms with E-state index in [0.29, 0.717) is 11.3 Å². The number of methoxy groups -OCH3 is 1. The molecule has 0 aliphatic carbocycles. The molecular weight excluding hydrogens is 254 g/mol. The fraction of sp³-hybridized carbons (Fsp3) is 0.500. The number of hydrogen-bond acceptors (Lipinski definition) is 2. The lowest BCUT2D eigenvalue weighted by Crippen LogP contribution is -2.19. The van der Waals surface area contributed by atoms with Gasteiger partial charge in [-0.2, -0.15) is 0 Å². The Morgan fingerprint density at radius 3 is 2.58 bits per heavy atom. The molecule has 19 heavy (non-hydrogen) atoms. The van der Waals surface area contributed by atoms with E-state index in [0.717, 1.165) is 0 Å². The maximum absolute atomic E-state index is 14.0. The molecule has 0 aliphatic rings. The van der Waals surface area contributed by atoms with Gasteiger partial charge in [0.15, 0.2) is 0 Å². The molecule has 0 saturated heterocycles. The van der Waals surface area contributed by atoms with Gasteiger partial charge in [0.1, 0.15) is 5.75 Å². The van der Waals surface area contributed by atoms with Crippen LogP contribution in [0.1, 0.15) is 30.9 Å². The second kappa shape index (κ2) is 5.99. The predicted molar refractivity (Wildman–Crippen MR) is 67.7 cm³/mol. The number of rotatable bonds is 6. The Morgan fingerprint density at radius 1 is 1.47 bits per heavy atom. The lowest BCUT2D eigenvalue weighted by Gasteiger charge is -2.21. The average Bonchev–Trinajstić information content (AvgIpc) is 2.26. The van der Waals surface area contributed by atoms with Crippen LogP contribution in [0.4, 0.5) is 8.78 Å². The molecule has 0 saturated carbocycles. The molecule has 1 aromatic rings. The van der Waals surface area contributed by atoms with Gasteiger partial charge in [-0.15, -0.1) is 0 Å². The van der Waals surface area contributed by atoms with Crippen LogP contribution in [0.2, 0.25) is 0 Å². The fourth-order valence-electron chi connectivity index (χ4n) is 2.03. The van der Waals surface area contributed by atoms with Gasteiger partial charge in [0, 0.05) is 18.4 Å². The Morgan fingerprint density at radius 2 is 2.11 bits per heavy atom. The molecule has 106 valence electrons. The second-order valence-electron chi connectivity index (χ2n) is 4.80. The highest BCUT2D eigenvalue weighted by molar-refractivity contribution is 5.66. The van der Waals surface area contributed by atoms with E-state index in [2.05, 4.69) is 0 Å². The Hall–Kier alpha value is -1.65. The SMILES string of the molecule is COc1ccc(C(F)(F)CC(C)CC(=O)O)cc1C. The highest BCUT2D eigenvalue weighted by Crippen LogP contribution is 2.37. The van der Waals surface area contributed by atoms with Gasteiger partial charge < -0.3 is 9.84 Å². The van der Waals surface area contributed by atoms with Crippen LogP contribution in [-0.4, -0.2) is 18.2 Å². The molecule has 1 atom stereocenters. The van der Waals surface area contributed by atoms with Crippen molar-refractivity contribution in [2.24, 2.45) is 5.92 Å². The van der Waals surface area contributed by atoms with E-state index in [4.69, 9.17) is 9.84 Å². The number of carboxylic acid groups (broad SMARTS) is 1. The monoisotopic (exact) mass is 272 g/mol. The van der Waals surface area contributed by atoms with Crippen LogP contribution in [0.25, 0.3) is 0 Å². The summed E-state index contributed by atoms with van der Waals surface area (Å²) in [5.74, 6) is -4.13. The summed E-state index contributed by atoms with van der Waals surface area (Å²) in [6.07, 6.45) is -0.740. The van der Waals surface area contributed by atoms with Gasteiger partial charge in [-0.05, 0) is 36.6 Å². The minimum atomic E-state index is -3.04. The third kappa shape index (κ3) is 4.19. The molecule has 0 fully saturated rings. The number of benzene rings is 1. The zero-order chi connectivity index (χ0) is 14.6. The first-order valence-electron chi connectivity index (χ1n) is 6.01. The number of aliphatic carboxylic acids is 1. The molecule has 0 aromatic heterocycles. The summed E-state index contributed by atoms with van der Waals surface area (Å²) in [5.41, 5.74) is 0.522. The van der Waals surface area contributed by atoms with E-state index in [-0.39, 0.29) is 12.0 Å².